The van der Waals surface area contributed by atoms with Crippen LogP contribution in [0.3, 0.4) is 0 Å². The number of hydrogen-bond acceptors (Lipinski definition) is 4. The van der Waals surface area contributed by atoms with Crippen molar-refractivity contribution in [3.63, 3.8) is 0 Å². The van der Waals surface area contributed by atoms with Gasteiger partial charge in [0.2, 0.25) is 10.0 Å². The van der Waals surface area contributed by atoms with Crippen LogP contribution in [-0.4, -0.2) is 29.1 Å². The number of sulfonamides is 1. The van der Waals surface area contributed by atoms with E-state index in [1.54, 1.807) is 0 Å². The Labute approximate surface area is 149 Å². The molecule has 7 heteroatoms. The van der Waals surface area contributed by atoms with E-state index < -0.39 is 19.9 Å². The molecule has 0 bridgehead atoms. The van der Waals surface area contributed by atoms with E-state index in [1.165, 1.54) is 24.3 Å². The van der Waals surface area contributed by atoms with Crippen LogP contribution >= 0.6 is 0 Å². The molecular weight excluding hydrogens is 358 g/mol. The number of nitrogens with one attached hydrogen (secondary N) is 1. The number of sulfone groups is 1. The van der Waals surface area contributed by atoms with Gasteiger partial charge < -0.3 is 0 Å². The predicted molar refractivity (Wildman–Crippen MR) is 96.6 cm³/mol. The van der Waals surface area contributed by atoms with E-state index in [0.717, 1.165) is 11.8 Å². The Hall–Kier alpha value is -1.70. The van der Waals surface area contributed by atoms with E-state index >= 15 is 0 Å². The second-order valence-electron chi connectivity index (χ2n) is 7.05. The first-order valence-corrected chi connectivity index (χ1v) is 11.3. The van der Waals surface area contributed by atoms with Crippen LogP contribution in [-0.2, 0) is 19.9 Å². The SMILES string of the molecule is CC1(C)[C@@H](NS(=O)(=O)c2ccc(S(C)(=O)=O)cc2)[C@@H]1c1ccccc1. The Bertz CT molecular complexity index is 979. The fraction of sp³-hybridized carbons (Fsp3) is 0.333. The summed E-state index contributed by atoms with van der Waals surface area (Å²) >= 11 is 0. The van der Waals surface area contributed by atoms with E-state index in [2.05, 4.69) is 4.72 Å². The topological polar surface area (TPSA) is 80.3 Å². The molecular formula is C18H21NO4S2. The Balaban J connectivity index is 1.83. The number of benzene rings is 2. The van der Waals surface area contributed by atoms with Crippen molar-refractivity contribution in [2.24, 2.45) is 5.41 Å². The van der Waals surface area contributed by atoms with Crippen molar-refractivity contribution in [3.05, 3.63) is 60.2 Å². The Kier molecular flexibility index (Phi) is 4.29. The quantitative estimate of drug-likeness (QED) is 0.866. The minimum Gasteiger partial charge on any atom is -0.224 e. The highest BCUT2D eigenvalue weighted by Crippen LogP contribution is 2.59. The summed E-state index contributed by atoms with van der Waals surface area (Å²) in [4.78, 5) is 0.162. The Morgan fingerprint density at radius 3 is 1.88 bits per heavy atom. The fourth-order valence-electron chi connectivity index (χ4n) is 3.24. The Morgan fingerprint density at radius 2 is 1.36 bits per heavy atom. The average molecular weight is 380 g/mol. The van der Waals surface area contributed by atoms with Gasteiger partial charge in [0.25, 0.3) is 0 Å². The van der Waals surface area contributed by atoms with Crippen molar-refractivity contribution in [3.8, 4) is 0 Å². The fourth-order valence-corrected chi connectivity index (χ4v) is 5.28. The molecule has 0 heterocycles. The molecule has 2 aromatic rings. The van der Waals surface area contributed by atoms with E-state index in [-0.39, 0.29) is 27.2 Å². The van der Waals surface area contributed by atoms with Crippen LogP contribution in [0.25, 0.3) is 0 Å². The highest BCUT2D eigenvalue weighted by Gasteiger charge is 2.59. The summed E-state index contributed by atoms with van der Waals surface area (Å²) in [5, 5.41) is 0. The maximum absolute atomic E-state index is 12.6. The van der Waals surface area contributed by atoms with Crippen LogP contribution < -0.4 is 4.72 Å². The van der Waals surface area contributed by atoms with Crippen LogP contribution in [0.5, 0.6) is 0 Å². The molecule has 0 radical (unpaired) electrons. The second-order valence-corrected chi connectivity index (χ2v) is 10.8. The summed E-state index contributed by atoms with van der Waals surface area (Å²) < 4.78 is 51.1. The molecule has 1 saturated carbocycles. The van der Waals surface area contributed by atoms with Crippen molar-refractivity contribution in [1.29, 1.82) is 0 Å². The first kappa shape index (κ1) is 18.1. The molecule has 1 fully saturated rings. The molecule has 0 saturated heterocycles. The van der Waals surface area contributed by atoms with E-state index in [1.807, 2.05) is 44.2 Å². The summed E-state index contributed by atoms with van der Waals surface area (Å²) in [7, 11) is -7.07. The van der Waals surface area contributed by atoms with Gasteiger partial charge in [-0.2, -0.15) is 0 Å². The smallest absolute Gasteiger partial charge is 0.224 e. The van der Waals surface area contributed by atoms with Crippen molar-refractivity contribution >= 4 is 19.9 Å². The molecule has 0 spiro atoms. The molecule has 0 aromatic heterocycles. The average Bonchev–Trinajstić information content (AvgIpc) is 3.07. The van der Waals surface area contributed by atoms with Gasteiger partial charge in [0.1, 0.15) is 0 Å². The third-order valence-electron chi connectivity index (χ3n) is 4.83. The van der Waals surface area contributed by atoms with Gasteiger partial charge >= 0.3 is 0 Å². The molecule has 3 rings (SSSR count). The lowest BCUT2D eigenvalue weighted by molar-refractivity contribution is 0.552. The van der Waals surface area contributed by atoms with Gasteiger partial charge in [0.15, 0.2) is 9.84 Å². The lowest BCUT2D eigenvalue weighted by Gasteiger charge is -2.08. The molecule has 0 amide bonds. The van der Waals surface area contributed by atoms with Crippen LogP contribution in [0.1, 0.15) is 25.3 Å². The molecule has 0 unspecified atom stereocenters. The molecule has 5 nitrogen and oxygen atoms in total. The molecule has 1 aliphatic rings. The standard InChI is InChI=1S/C18H21NO4S2/c1-18(2)16(13-7-5-4-6-8-13)17(18)19-25(22,23)15-11-9-14(10-12-15)24(3,20)21/h4-12,16-17,19H,1-3H3/t16-,17-/m0/s1. The minimum absolute atomic E-state index is 0.0643. The first-order chi connectivity index (χ1) is 11.5. The number of hydrogen-bond donors (Lipinski definition) is 1. The van der Waals surface area contributed by atoms with Crippen molar-refractivity contribution in [1.82, 2.24) is 4.72 Å². The maximum Gasteiger partial charge on any atom is 0.240 e. The monoisotopic (exact) mass is 379 g/mol. The molecule has 1 N–H and O–H groups in total. The van der Waals surface area contributed by atoms with Crippen LogP contribution in [0.2, 0.25) is 0 Å². The van der Waals surface area contributed by atoms with Gasteiger partial charge in [-0.3, -0.25) is 0 Å². The van der Waals surface area contributed by atoms with Crippen molar-refractivity contribution < 1.29 is 16.8 Å². The summed E-state index contributed by atoms with van der Waals surface area (Å²) in [6.45, 7) is 4.06. The van der Waals surface area contributed by atoms with Gasteiger partial charge in [-0.25, -0.2) is 21.6 Å². The summed E-state index contributed by atoms with van der Waals surface area (Å²) in [5.74, 6) is 0.110. The highest BCUT2D eigenvalue weighted by atomic mass is 32.2. The van der Waals surface area contributed by atoms with E-state index in [0.29, 0.717) is 0 Å². The van der Waals surface area contributed by atoms with Crippen LogP contribution in [0, 0.1) is 5.41 Å². The van der Waals surface area contributed by atoms with Gasteiger partial charge in [0, 0.05) is 18.2 Å². The van der Waals surface area contributed by atoms with Gasteiger partial charge in [-0.05, 0) is 35.2 Å². The molecule has 2 aromatic carbocycles. The zero-order valence-corrected chi connectivity index (χ0v) is 15.9. The van der Waals surface area contributed by atoms with Crippen LogP contribution in [0.15, 0.2) is 64.4 Å². The molecule has 0 aliphatic heterocycles. The normalized spacial score (nSPS) is 22.5. The summed E-state index contributed by atoms with van der Waals surface area (Å²) in [6, 6.07) is 14.9. The zero-order valence-electron chi connectivity index (χ0n) is 14.3. The summed E-state index contributed by atoms with van der Waals surface area (Å²) in [5.41, 5.74) is 0.925. The minimum atomic E-state index is -3.72. The second kappa shape index (κ2) is 5.93. The van der Waals surface area contributed by atoms with E-state index in [9.17, 15) is 16.8 Å². The predicted octanol–water partition coefficient (Wildman–Crippen LogP) is 2.56. The third-order valence-corrected chi connectivity index (χ3v) is 7.42. The number of rotatable bonds is 5. The maximum atomic E-state index is 12.6. The molecule has 2 atom stereocenters. The highest BCUT2D eigenvalue weighted by molar-refractivity contribution is 7.90. The van der Waals surface area contributed by atoms with Crippen LogP contribution in [0.4, 0.5) is 0 Å². The van der Waals surface area contributed by atoms with Crippen molar-refractivity contribution in [2.75, 3.05) is 6.26 Å². The largest absolute Gasteiger partial charge is 0.240 e. The van der Waals surface area contributed by atoms with E-state index in [4.69, 9.17) is 0 Å². The lowest BCUT2D eigenvalue weighted by atomic mass is 10.0. The molecule has 134 valence electrons. The molecule has 1 aliphatic carbocycles. The first-order valence-electron chi connectivity index (χ1n) is 7.91. The third kappa shape index (κ3) is 3.49. The van der Waals surface area contributed by atoms with Gasteiger partial charge in [-0.15, -0.1) is 0 Å². The summed E-state index contributed by atoms with van der Waals surface area (Å²) in [6.07, 6.45) is 1.09. The zero-order chi connectivity index (χ0) is 18.5. The molecule has 25 heavy (non-hydrogen) atoms. The van der Waals surface area contributed by atoms with Crippen molar-refractivity contribution in [2.45, 2.75) is 35.6 Å². The van der Waals surface area contributed by atoms with Gasteiger partial charge in [-0.1, -0.05) is 44.2 Å². The van der Waals surface area contributed by atoms with Gasteiger partial charge in [0.05, 0.1) is 9.79 Å². The Morgan fingerprint density at radius 1 is 0.840 bits per heavy atom. The lowest BCUT2D eigenvalue weighted by Crippen LogP contribution is -2.29.